The van der Waals surface area contributed by atoms with Crippen LogP contribution in [0.2, 0.25) is 0 Å². The molecule has 1 aromatic rings. The molecule has 2 aliphatic rings. The Kier molecular flexibility index (Phi) is 1.04. The Hall–Kier alpha value is -0.890. The van der Waals surface area contributed by atoms with Gasteiger partial charge in [0.25, 0.3) is 0 Å². The maximum Gasteiger partial charge on any atom is 0.0373 e. The van der Waals surface area contributed by atoms with Crippen molar-refractivity contribution in [3.8, 4) is 0 Å². The van der Waals surface area contributed by atoms with Crippen molar-refractivity contribution in [2.45, 2.75) is 25.3 Å². The van der Waals surface area contributed by atoms with Gasteiger partial charge in [-0.15, -0.1) is 0 Å². The first-order valence-electron chi connectivity index (χ1n) is 4.50. The van der Waals surface area contributed by atoms with Crippen LogP contribution in [0.25, 0.3) is 0 Å². The molecule has 12 heavy (non-hydrogen) atoms. The Balaban J connectivity index is 2.13. The normalized spacial score (nSPS) is 28.9. The van der Waals surface area contributed by atoms with Crippen LogP contribution in [0.1, 0.15) is 30.0 Å². The standard InChI is InChI=1S/C10H12N2/c11-9-8-6-12-4-1-7(8)5-10(9)2-3-10/h1,4,6,9H,2-3,5,11H2. The highest BCUT2D eigenvalue weighted by molar-refractivity contribution is 5.38. The third kappa shape index (κ3) is 0.661. The SMILES string of the molecule is NC1c2cnccc2CC12CC2. The molecule has 0 aliphatic heterocycles. The minimum Gasteiger partial charge on any atom is -0.323 e. The zero-order valence-electron chi connectivity index (χ0n) is 6.96. The average molecular weight is 160 g/mol. The highest BCUT2D eigenvalue weighted by Crippen LogP contribution is 2.60. The van der Waals surface area contributed by atoms with Crippen LogP contribution in [0.5, 0.6) is 0 Å². The van der Waals surface area contributed by atoms with E-state index in [2.05, 4.69) is 11.1 Å². The summed E-state index contributed by atoms with van der Waals surface area (Å²) in [5.41, 5.74) is 9.31. The second kappa shape index (κ2) is 1.88. The molecule has 0 saturated heterocycles. The molecular weight excluding hydrogens is 148 g/mol. The Bertz CT molecular complexity index is 328. The molecule has 1 unspecified atom stereocenters. The molecule has 2 heteroatoms. The van der Waals surface area contributed by atoms with Gasteiger partial charge in [-0.25, -0.2) is 0 Å². The fourth-order valence-corrected chi connectivity index (χ4v) is 2.34. The summed E-state index contributed by atoms with van der Waals surface area (Å²) in [6.07, 6.45) is 7.61. The molecule has 2 N–H and O–H groups in total. The van der Waals surface area contributed by atoms with Gasteiger partial charge in [-0.2, -0.15) is 0 Å². The van der Waals surface area contributed by atoms with Crippen LogP contribution in [0, 0.1) is 5.41 Å². The van der Waals surface area contributed by atoms with Gasteiger partial charge in [0.15, 0.2) is 0 Å². The largest absolute Gasteiger partial charge is 0.323 e. The van der Waals surface area contributed by atoms with E-state index in [1.807, 2.05) is 12.4 Å². The van der Waals surface area contributed by atoms with Gasteiger partial charge in [-0.3, -0.25) is 4.98 Å². The Labute approximate surface area is 71.8 Å². The Morgan fingerprint density at radius 3 is 3.00 bits per heavy atom. The lowest BCUT2D eigenvalue weighted by Gasteiger charge is -2.12. The van der Waals surface area contributed by atoms with Crippen molar-refractivity contribution in [2.24, 2.45) is 11.1 Å². The number of nitrogens with zero attached hydrogens (tertiary/aromatic N) is 1. The molecule has 2 nitrogen and oxygen atoms in total. The zero-order chi connectivity index (χ0) is 8.18. The second-order valence-corrected chi connectivity index (χ2v) is 4.09. The van der Waals surface area contributed by atoms with Crippen molar-refractivity contribution in [1.82, 2.24) is 4.98 Å². The van der Waals surface area contributed by atoms with E-state index in [1.165, 1.54) is 30.4 Å². The monoisotopic (exact) mass is 160 g/mol. The minimum atomic E-state index is 0.265. The summed E-state index contributed by atoms with van der Waals surface area (Å²) in [6, 6.07) is 2.38. The predicted molar refractivity (Wildman–Crippen MR) is 46.5 cm³/mol. The van der Waals surface area contributed by atoms with E-state index in [9.17, 15) is 0 Å². The molecule has 1 aromatic heterocycles. The van der Waals surface area contributed by atoms with Crippen molar-refractivity contribution in [2.75, 3.05) is 0 Å². The lowest BCUT2D eigenvalue weighted by atomic mass is 9.99. The number of pyridine rings is 1. The number of hydrogen-bond donors (Lipinski definition) is 1. The van der Waals surface area contributed by atoms with Crippen LogP contribution >= 0.6 is 0 Å². The molecule has 1 saturated carbocycles. The molecule has 0 amide bonds. The third-order valence-corrected chi connectivity index (χ3v) is 3.38. The van der Waals surface area contributed by atoms with Gasteiger partial charge in [-0.1, -0.05) is 0 Å². The topological polar surface area (TPSA) is 38.9 Å². The van der Waals surface area contributed by atoms with Gasteiger partial charge in [0.2, 0.25) is 0 Å². The molecule has 0 bridgehead atoms. The molecule has 1 spiro atoms. The van der Waals surface area contributed by atoms with Crippen LogP contribution in [-0.2, 0) is 6.42 Å². The zero-order valence-corrected chi connectivity index (χ0v) is 6.96. The van der Waals surface area contributed by atoms with Crippen LogP contribution in [0.15, 0.2) is 18.5 Å². The van der Waals surface area contributed by atoms with Crippen molar-refractivity contribution in [3.05, 3.63) is 29.6 Å². The average Bonchev–Trinajstić information content (AvgIpc) is 2.79. The van der Waals surface area contributed by atoms with Crippen LogP contribution < -0.4 is 5.73 Å². The predicted octanol–water partition coefficient (Wildman–Crippen LogP) is 1.42. The highest BCUT2D eigenvalue weighted by Gasteiger charge is 2.52. The molecule has 0 radical (unpaired) electrons. The van der Waals surface area contributed by atoms with E-state index in [4.69, 9.17) is 5.73 Å². The molecule has 1 atom stereocenters. The lowest BCUT2D eigenvalue weighted by molar-refractivity contribution is 0.446. The fourth-order valence-electron chi connectivity index (χ4n) is 2.34. The Morgan fingerprint density at radius 1 is 1.50 bits per heavy atom. The smallest absolute Gasteiger partial charge is 0.0373 e. The van der Waals surface area contributed by atoms with Crippen molar-refractivity contribution in [1.29, 1.82) is 0 Å². The number of rotatable bonds is 0. The summed E-state index contributed by atoms with van der Waals surface area (Å²) >= 11 is 0. The maximum absolute atomic E-state index is 6.15. The van der Waals surface area contributed by atoms with E-state index in [1.54, 1.807) is 0 Å². The number of aromatic nitrogens is 1. The quantitative estimate of drug-likeness (QED) is 0.623. The summed E-state index contributed by atoms with van der Waals surface area (Å²) in [7, 11) is 0. The molecule has 2 aliphatic carbocycles. The molecule has 1 heterocycles. The van der Waals surface area contributed by atoms with Crippen LogP contribution in [0.3, 0.4) is 0 Å². The summed E-state index contributed by atoms with van der Waals surface area (Å²) in [4.78, 5) is 4.12. The van der Waals surface area contributed by atoms with E-state index in [0.717, 1.165) is 0 Å². The van der Waals surface area contributed by atoms with E-state index in [-0.39, 0.29) is 6.04 Å². The summed E-state index contributed by atoms with van der Waals surface area (Å²) in [6.45, 7) is 0. The molecule has 62 valence electrons. The maximum atomic E-state index is 6.15. The molecule has 1 fully saturated rings. The first-order chi connectivity index (χ1) is 5.82. The number of nitrogens with two attached hydrogens (primary N) is 1. The van der Waals surface area contributed by atoms with Gasteiger partial charge in [0, 0.05) is 18.4 Å². The molecule has 0 aromatic carbocycles. The van der Waals surface area contributed by atoms with E-state index in [0.29, 0.717) is 5.41 Å². The minimum absolute atomic E-state index is 0.265. The first-order valence-corrected chi connectivity index (χ1v) is 4.50. The summed E-state index contributed by atoms with van der Waals surface area (Å²) in [5, 5.41) is 0. The van der Waals surface area contributed by atoms with Gasteiger partial charge in [0.05, 0.1) is 0 Å². The van der Waals surface area contributed by atoms with Crippen LogP contribution in [-0.4, -0.2) is 4.98 Å². The molecule has 3 rings (SSSR count). The van der Waals surface area contributed by atoms with Gasteiger partial charge < -0.3 is 5.73 Å². The lowest BCUT2D eigenvalue weighted by Crippen LogP contribution is -2.17. The van der Waals surface area contributed by atoms with Gasteiger partial charge >= 0.3 is 0 Å². The van der Waals surface area contributed by atoms with E-state index < -0.39 is 0 Å². The third-order valence-electron chi connectivity index (χ3n) is 3.38. The molecular formula is C10H12N2. The van der Waals surface area contributed by atoms with Gasteiger partial charge in [0.1, 0.15) is 0 Å². The summed E-state index contributed by atoms with van der Waals surface area (Å²) < 4.78 is 0. The fraction of sp³-hybridized carbons (Fsp3) is 0.500. The first kappa shape index (κ1) is 6.61. The van der Waals surface area contributed by atoms with Crippen molar-refractivity contribution < 1.29 is 0 Å². The highest BCUT2D eigenvalue weighted by atomic mass is 14.8. The second-order valence-electron chi connectivity index (χ2n) is 4.09. The number of hydrogen-bond acceptors (Lipinski definition) is 2. The van der Waals surface area contributed by atoms with Crippen LogP contribution in [0.4, 0.5) is 0 Å². The Morgan fingerprint density at radius 2 is 2.33 bits per heavy atom. The van der Waals surface area contributed by atoms with Crippen molar-refractivity contribution >= 4 is 0 Å². The van der Waals surface area contributed by atoms with Crippen molar-refractivity contribution in [3.63, 3.8) is 0 Å². The summed E-state index contributed by atoms with van der Waals surface area (Å²) in [5.74, 6) is 0. The van der Waals surface area contributed by atoms with Gasteiger partial charge in [-0.05, 0) is 41.9 Å². The number of fused-ring (bicyclic) bond motifs is 1. The van der Waals surface area contributed by atoms with E-state index >= 15 is 0 Å².